The largest absolute Gasteiger partial charge is 0.394 e. The van der Waals surface area contributed by atoms with Gasteiger partial charge in [-0.05, 0) is 42.0 Å². The maximum absolute atomic E-state index is 10.4. The number of aliphatic hydroxyl groups excluding tert-OH is 3. The standard InChI is InChI=1S/C29H28N8O4/c30-26-23-27(36(17-31-23)28-25(40)24(39)22(16-38)41-28)34-29(33-26)35-32-15-18-11-13-21(14-12-18)37(19-7-3-1-4-8-19)20-9-5-2-6-10-20/h1-15,17,22,24-25,28,38-40H,16H2,(H3,30,33,34,35)/b32-15+/t22-,24+,25?,28-/m1/s1. The number of fused-ring (bicyclic) bond motifs is 1. The maximum Gasteiger partial charge on any atom is 0.247 e. The summed E-state index contributed by atoms with van der Waals surface area (Å²) in [5.74, 6) is 0.208. The molecule has 0 aliphatic carbocycles. The van der Waals surface area contributed by atoms with Crippen molar-refractivity contribution in [2.24, 2.45) is 5.10 Å². The second kappa shape index (κ2) is 11.3. The van der Waals surface area contributed by atoms with Gasteiger partial charge in [0, 0.05) is 17.1 Å². The summed E-state index contributed by atoms with van der Waals surface area (Å²) >= 11 is 0. The highest BCUT2D eigenvalue weighted by molar-refractivity contribution is 5.84. The van der Waals surface area contributed by atoms with Gasteiger partial charge in [-0.2, -0.15) is 15.1 Å². The van der Waals surface area contributed by atoms with Crippen LogP contribution < -0.4 is 16.1 Å². The molecule has 3 aromatic carbocycles. The van der Waals surface area contributed by atoms with Gasteiger partial charge in [0.2, 0.25) is 5.95 Å². The first-order chi connectivity index (χ1) is 20.0. The first kappa shape index (κ1) is 26.3. The van der Waals surface area contributed by atoms with Gasteiger partial charge in [-0.3, -0.25) is 4.57 Å². The summed E-state index contributed by atoms with van der Waals surface area (Å²) in [6, 6.07) is 28.2. The number of nitrogens with zero attached hydrogens (tertiary/aromatic N) is 6. The van der Waals surface area contributed by atoms with E-state index in [1.165, 1.54) is 10.9 Å². The lowest BCUT2D eigenvalue weighted by Crippen LogP contribution is -2.33. The Kier molecular flexibility index (Phi) is 7.27. The maximum atomic E-state index is 10.4. The predicted molar refractivity (Wildman–Crippen MR) is 155 cm³/mol. The van der Waals surface area contributed by atoms with Gasteiger partial charge >= 0.3 is 0 Å². The van der Waals surface area contributed by atoms with Gasteiger partial charge in [0.25, 0.3) is 0 Å². The molecular formula is C29H28N8O4. The van der Waals surface area contributed by atoms with Crippen molar-refractivity contribution in [3.8, 4) is 0 Å². The van der Waals surface area contributed by atoms with Crippen LogP contribution in [0.4, 0.5) is 28.8 Å². The minimum absolute atomic E-state index is 0.101. The molecule has 1 saturated heterocycles. The van der Waals surface area contributed by atoms with Crippen molar-refractivity contribution in [2.75, 3.05) is 22.7 Å². The van der Waals surface area contributed by atoms with Crippen LogP contribution in [0.5, 0.6) is 0 Å². The van der Waals surface area contributed by atoms with Gasteiger partial charge < -0.3 is 30.7 Å². The van der Waals surface area contributed by atoms with E-state index in [1.807, 2.05) is 60.7 Å². The molecule has 5 aromatic rings. The molecule has 1 unspecified atom stereocenters. The van der Waals surface area contributed by atoms with Gasteiger partial charge in [-0.15, -0.1) is 0 Å². The molecule has 3 heterocycles. The Bertz CT molecular complexity index is 1610. The second-order valence-corrected chi connectivity index (χ2v) is 9.45. The number of ether oxygens (including phenoxy) is 1. The Balaban J connectivity index is 1.21. The zero-order chi connectivity index (χ0) is 28.3. The Hall–Kier alpha value is -4.88. The SMILES string of the molecule is Nc1nc(N/N=C/c2ccc(N(c3ccccc3)c3ccccc3)cc2)nc2c1ncn2[C@@H]1O[C@H](CO)[C@H](O)C1O. The van der Waals surface area contributed by atoms with Gasteiger partial charge in [0.15, 0.2) is 17.7 Å². The van der Waals surface area contributed by atoms with E-state index in [2.05, 4.69) is 54.6 Å². The van der Waals surface area contributed by atoms with Gasteiger partial charge in [0.1, 0.15) is 23.8 Å². The molecule has 0 amide bonds. The monoisotopic (exact) mass is 552 g/mol. The number of hydrogen-bond acceptors (Lipinski definition) is 11. The molecule has 41 heavy (non-hydrogen) atoms. The molecule has 1 aliphatic rings. The topological polar surface area (TPSA) is 167 Å². The molecule has 4 atom stereocenters. The molecule has 1 fully saturated rings. The lowest BCUT2D eigenvalue weighted by atomic mass is 10.1. The quantitative estimate of drug-likeness (QED) is 0.143. The Morgan fingerprint density at radius 3 is 2.15 bits per heavy atom. The summed E-state index contributed by atoms with van der Waals surface area (Å²) in [6.07, 6.45) is -1.48. The Morgan fingerprint density at radius 1 is 0.902 bits per heavy atom. The van der Waals surface area contributed by atoms with E-state index in [0.29, 0.717) is 5.52 Å². The number of anilines is 5. The lowest BCUT2D eigenvalue weighted by Gasteiger charge is -2.25. The number of benzene rings is 3. The number of aromatic nitrogens is 4. The van der Waals surface area contributed by atoms with E-state index in [4.69, 9.17) is 10.5 Å². The van der Waals surface area contributed by atoms with E-state index in [-0.39, 0.29) is 17.4 Å². The van der Waals surface area contributed by atoms with Crippen LogP contribution >= 0.6 is 0 Å². The number of nitrogen functional groups attached to an aromatic ring is 1. The summed E-state index contributed by atoms with van der Waals surface area (Å²) in [6.45, 7) is -0.447. The van der Waals surface area contributed by atoms with E-state index < -0.39 is 31.1 Å². The van der Waals surface area contributed by atoms with Crippen LogP contribution in [0.2, 0.25) is 0 Å². The van der Waals surface area contributed by atoms with Crippen LogP contribution in [0.1, 0.15) is 11.8 Å². The summed E-state index contributed by atoms with van der Waals surface area (Å²) in [7, 11) is 0. The van der Waals surface area contributed by atoms with Crippen molar-refractivity contribution in [3.63, 3.8) is 0 Å². The number of nitrogens with one attached hydrogen (secondary N) is 1. The minimum atomic E-state index is -1.29. The minimum Gasteiger partial charge on any atom is -0.394 e. The molecule has 1 aliphatic heterocycles. The fourth-order valence-electron chi connectivity index (χ4n) is 4.76. The normalized spacial score (nSPS) is 20.6. The molecule has 0 radical (unpaired) electrons. The number of hydrogen-bond donors (Lipinski definition) is 5. The smallest absolute Gasteiger partial charge is 0.247 e. The molecule has 12 heteroatoms. The van der Waals surface area contributed by atoms with Crippen LogP contribution in [0.25, 0.3) is 11.2 Å². The third kappa shape index (κ3) is 5.19. The number of nitrogens with two attached hydrogens (primary N) is 1. The van der Waals surface area contributed by atoms with Crippen molar-refractivity contribution in [2.45, 2.75) is 24.5 Å². The number of aliphatic hydroxyl groups is 3. The first-order valence-electron chi connectivity index (χ1n) is 13.0. The van der Waals surface area contributed by atoms with Crippen LogP contribution in [-0.2, 0) is 4.74 Å². The molecule has 12 nitrogen and oxygen atoms in total. The highest BCUT2D eigenvalue weighted by Crippen LogP contribution is 2.34. The van der Waals surface area contributed by atoms with Crippen molar-refractivity contribution >= 4 is 46.2 Å². The van der Waals surface area contributed by atoms with Gasteiger partial charge in [-0.1, -0.05) is 48.5 Å². The third-order valence-electron chi connectivity index (χ3n) is 6.80. The van der Waals surface area contributed by atoms with Crippen LogP contribution in [0.15, 0.2) is 96.4 Å². The van der Waals surface area contributed by atoms with Crippen molar-refractivity contribution in [3.05, 3.63) is 96.8 Å². The van der Waals surface area contributed by atoms with Crippen LogP contribution in [0, 0.1) is 0 Å². The average molecular weight is 553 g/mol. The van der Waals surface area contributed by atoms with Gasteiger partial charge in [0.05, 0.1) is 19.1 Å². The van der Waals surface area contributed by atoms with Crippen LogP contribution in [-0.4, -0.2) is 66.0 Å². The first-order valence-corrected chi connectivity index (χ1v) is 13.0. The van der Waals surface area contributed by atoms with Crippen molar-refractivity contribution in [1.82, 2.24) is 19.5 Å². The molecule has 0 saturated carbocycles. The Labute approximate surface area is 235 Å². The number of hydrazone groups is 1. The van der Waals surface area contributed by atoms with E-state index in [0.717, 1.165) is 22.6 Å². The lowest BCUT2D eigenvalue weighted by molar-refractivity contribution is -0.0511. The molecule has 0 spiro atoms. The molecular weight excluding hydrogens is 524 g/mol. The van der Waals surface area contributed by atoms with E-state index in [9.17, 15) is 15.3 Å². The fraction of sp³-hybridized carbons (Fsp3) is 0.172. The van der Waals surface area contributed by atoms with E-state index in [1.54, 1.807) is 6.21 Å². The number of para-hydroxylation sites is 2. The van der Waals surface area contributed by atoms with Crippen LogP contribution in [0.3, 0.4) is 0 Å². The van der Waals surface area contributed by atoms with Crippen molar-refractivity contribution in [1.29, 1.82) is 0 Å². The van der Waals surface area contributed by atoms with Crippen molar-refractivity contribution < 1.29 is 20.1 Å². The summed E-state index contributed by atoms with van der Waals surface area (Å²) in [5.41, 5.74) is 13.4. The zero-order valence-electron chi connectivity index (χ0n) is 21.8. The van der Waals surface area contributed by atoms with Gasteiger partial charge in [-0.25, -0.2) is 10.4 Å². The molecule has 0 bridgehead atoms. The highest BCUT2D eigenvalue weighted by atomic mass is 16.6. The summed E-state index contributed by atoms with van der Waals surface area (Å²) in [4.78, 5) is 15.0. The summed E-state index contributed by atoms with van der Waals surface area (Å²) in [5, 5.41) is 34.2. The molecule has 6 N–H and O–H groups in total. The third-order valence-corrected chi connectivity index (χ3v) is 6.80. The number of rotatable bonds is 8. The highest BCUT2D eigenvalue weighted by Gasteiger charge is 2.44. The predicted octanol–water partition coefficient (Wildman–Crippen LogP) is 2.94. The molecule has 6 rings (SSSR count). The number of imidazole rings is 1. The summed E-state index contributed by atoms with van der Waals surface area (Å²) < 4.78 is 7.05. The van der Waals surface area contributed by atoms with E-state index >= 15 is 0 Å². The average Bonchev–Trinajstić information content (AvgIpc) is 3.55. The molecule has 208 valence electrons. The fourth-order valence-corrected chi connectivity index (χ4v) is 4.76. The Morgan fingerprint density at radius 2 is 1.54 bits per heavy atom. The molecule has 2 aromatic heterocycles. The zero-order valence-corrected chi connectivity index (χ0v) is 21.8. The second-order valence-electron chi connectivity index (χ2n) is 9.45.